The highest BCUT2D eigenvalue weighted by molar-refractivity contribution is 5.96. The Morgan fingerprint density at radius 3 is 1.43 bits per heavy atom. The van der Waals surface area contributed by atoms with Gasteiger partial charge in [0.2, 0.25) is 0 Å². The standard InChI is InChI=1S/C26H22O2/c1-27-23-18-22(19-12-6-3-7-13-19)24(20-14-8-4-9-15-20)26(28-2)25(23)21-16-10-5-11-17-21/h3-18H,1-2H3. The van der Waals surface area contributed by atoms with Crippen molar-refractivity contribution >= 4 is 0 Å². The second-order valence-electron chi connectivity index (χ2n) is 6.51. The maximum atomic E-state index is 6.01. The molecule has 0 saturated carbocycles. The minimum absolute atomic E-state index is 0.793. The monoisotopic (exact) mass is 366 g/mol. The van der Waals surface area contributed by atoms with Gasteiger partial charge in [-0.1, -0.05) is 91.0 Å². The number of hydrogen-bond acceptors (Lipinski definition) is 2. The minimum Gasteiger partial charge on any atom is -0.496 e. The van der Waals surface area contributed by atoms with E-state index in [0.29, 0.717) is 0 Å². The summed E-state index contributed by atoms with van der Waals surface area (Å²) >= 11 is 0. The van der Waals surface area contributed by atoms with Gasteiger partial charge in [0.1, 0.15) is 11.5 Å². The first-order valence-electron chi connectivity index (χ1n) is 9.28. The van der Waals surface area contributed by atoms with E-state index in [1.807, 2.05) is 42.5 Å². The molecule has 0 N–H and O–H groups in total. The predicted octanol–water partition coefficient (Wildman–Crippen LogP) is 6.70. The summed E-state index contributed by atoms with van der Waals surface area (Å²) in [7, 11) is 3.43. The summed E-state index contributed by atoms with van der Waals surface area (Å²) in [6, 6.07) is 33.1. The van der Waals surface area contributed by atoms with Crippen molar-refractivity contribution in [2.45, 2.75) is 0 Å². The number of hydrogen-bond donors (Lipinski definition) is 0. The molecule has 0 amide bonds. The molecule has 2 heteroatoms. The third-order valence-electron chi connectivity index (χ3n) is 4.88. The van der Waals surface area contributed by atoms with Gasteiger partial charge >= 0.3 is 0 Å². The molecule has 0 unspecified atom stereocenters. The van der Waals surface area contributed by atoms with Crippen LogP contribution in [0.5, 0.6) is 11.5 Å². The van der Waals surface area contributed by atoms with Gasteiger partial charge in [0, 0.05) is 5.56 Å². The van der Waals surface area contributed by atoms with Crippen LogP contribution in [-0.2, 0) is 0 Å². The lowest BCUT2D eigenvalue weighted by Crippen LogP contribution is -1.98. The van der Waals surface area contributed by atoms with Gasteiger partial charge in [-0.25, -0.2) is 0 Å². The largest absolute Gasteiger partial charge is 0.496 e. The van der Waals surface area contributed by atoms with Gasteiger partial charge in [0.15, 0.2) is 0 Å². The Hall–Kier alpha value is -3.52. The van der Waals surface area contributed by atoms with Crippen LogP contribution in [0.4, 0.5) is 0 Å². The first kappa shape index (κ1) is 17.9. The summed E-state index contributed by atoms with van der Waals surface area (Å²) in [5.74, 6) is 1.61. The van der Waals surface area contributed by atoms with Crippen molar-refractivity contribution < 1.29 is 9.47 Å². The fourth-order valence-corrected chi connectivity index (χ4v) is 3.61. The molecule has 4 aromatic carbocycles. The fourth-order valence-electron chi connectivity index (χ4n) is 3.61. The molecule has 0 atom stereocenters. The number of methoxy groups -OCH3 is 2. The summed E-state index contributed by atoms with van der Waals surface area (Å²) in [6.07, 6.45) is 0. The molecule has 0 spiro atoms. The van der Waals surface area contributed by atoms with E-state index < -0.39 is 0 Å². The summed E-state index contributed by atoms with van der Waals surface area (Å²) in [4.78, 5) is 0. The second kappa shape index (κ2) is 8.01. The minimum atomic E-state index is 0.793. The van der Waals surface area contributed by atoms with Gasteiger partial charge in [0.25, 0.3) is 0 Å². The van der Waals surface area contributed by atoms with Crippen LogP contribution in [-0.4, -0.2) is 14.2 Å². The number of ether oxygens (including phenoxy) is 2. The third-order valence-corrected chi connectivity index (χ3v) is 4.88. The van der Waals surface area contributed by atoms with Gasteiger partial charge in [0.05, 0.1) is 19.8 Å². The molecule has 0 aliphatic heterocycles. The van der Waals surface area contributed by atoms with Gasteiger partial charge < -0.3 is 9.47 Å². The van der Waals surface area contributed by atoms with Gasteiger partial charge in [-0.15, -0.1) is 0 Å². The van der Waals surface area contributed by atoms with Crippen LogP contribution in [0.3, 0.4) is 0 Å². The number of rotatable bonds is 5. The molecule has 0 fully saturated rings. The van der Waals surface area contributed by atoms with Crippen molar-refractivity contribution in [2.24, 2.45) is 0 Å². The Labute approximate surface area is 166 Å². The molecule has 4 aromatic rings. The van der Waals surface area contributed by atoms with Gasteiger partial charge in [-0.05, 0) is 28.3 Å². The van der Waals surface area contributed by atoms with E-state index in [2.05, 4.69) is 54.6 Å². The molecule has 4 rings (SSSR count). The van der Waals surface area contributed by atoms with Crippen molar-refractivity contribution in [1.29, 1.82) is 0 Å². The zero-order valence-electron chi connectivity index (χ0n) is 16.1. The van der Waals surface area contributed by atoms with E-state index >= 15 is 0 Å². The van der Waals surface area contributed by atoms with Crippen molar-refractivity contribution in [3.63, 3.8) is 0 Å². The normalized spacial score (nSPS) is 10.5. The lowest BCUT2D eigenvalue weighted by atomic mass is 9.89. The lowest BCUT2D eigenvalue weighted by molar-refractivity contribution is 0.398. The van der Waals surface area contributed by atoms with E-state index in [-0.39, 0.29) is 0 Å². The predicted molar refractivity (Wildman–Crippen MR) is 116 cm³/mol. The maximum Gasteiger partial charge on any atom is 0.138 e. The SMILES string of the molecule is COc1cc(-c2ccccc2)c(-c2ccccc2)c(OC)c1-c1ccccc1. The molecule has 0 heterocycles. The van der Waals surface area contributed by atoms with Crippen molar-refractivity contribution in [3.8, 4) is 44.9 Å². The highest BCUT2D eigenvalue weighted by Gasteiger charge is 2.22. The zero-order valence-corrected chi connectivity index (χ0v) is 16.1. The lowest BCUT2D eigenvalue weighted by Gasteiger charge is -2.21. The van der Waals surface area contributed by atoms with Crippen LogP contribution < -0.4 is 9.47 Å². The van der Waals surface area contributed by atoms with Gasteiger partial charge in [-0.3, -0.25) is 0 Å². The molecular formula is C26H22O2. The van der Waals surface area contributed by atoms with Crippen LogP contribution in [0.25, 0.3) is 33.4 Å². The van der Waals surface area contributed by atoms with E-state index in [9.17, 15) is 0 Å². The maximum absolute atomic E-state index is 6.01. The van der Waals surface area contributed by atoms with E-state index in [0.717, 1.165) is 44.9 Å². The summed E-state index contributed by atoms with van der Waals surface area (Å²) < 4.78 is 11.8. The Morgan fingerprint density at radius 1 is 0.500 bits per heavy atom. The van der Waals surface area contributed by atoms with Crippen molar-refractivity contribution in [2.75, 3.05) is 14.2 Å². The van der Waals surface area contributed by atoms with Crippen LogP contribution in [0.2, 0.25) is 0 Å². The molecule has 28 heavy (non-hydrogen) atoms. The summed E-state index contributed by atoms with van der Waals surface area (Å²) in [5.41, 5.74) is 6.40. The molecule has 0 aliphatic carbocycles. The van der Waals surface area contributed by atoms with Crippen molar-refractivity contribution in [1.82, 2.24) is 0 Å². The molecule has 138 valence electrons. The van der Waals surface area contributed by atoms with Crippen LogP contribution in [0, 0.1) is 0 Å². The molecule has 0 radical (unpaired) electrons. The van der Waals surface area contributed by atoms with E-state index in [1.165, 1.54) is 0 Å². The topological polar surface area (TPSA) is 18.5 Å². The van der Waals surface area contributed by atoms with Crippen LogP contribution in [0.15, 0.2) is 97.1 Å². The first-order valence-corrected chi connectivity index (χ1v) is 9.28. The average molecular weight is 366 g/mol. The molecule has 0 aliphatic rings. The smallest absolute Gasteiger partial charge is 0.138 e. The fraction of sp³-hybridized carbons (Fsp3) is 0.0769. The van der Waals surface area contributed by atoms with E-state index in [1.54, 1.807) is 14.2 Å². The Bertz CT molecular complexity index is 1060. The third kappa shape index (κ3) is 3.25. The molecule has 2 nitrogen and oxygen atoms in total. The average Bonchev–Trinajstić information content (AvgIpc) is 2.79. The Morgan fingerprint density at radius 2 is 0.964 bits per heavy atom. The highest BCUT2D eigenvalue weighted by Crippen LogP contribution is 2.49. The summed E-state index contributed by atoms with van der Waals surface area (Å²) in [6.45, 7) is 0. The highest BCUT2D eigenvalue weighted by atomic mass is 16.5. The van der Waals surface area contributed by atoms with E-state index in [4.69, 9.17) is 9.47 Å². The molecular weight excluding hydrogens is 344 g/mol. The quantitative estimate of drug-likeness (QED) is 0.391. The first-order chi connectivity index (χ1) is 13.8. The molecule has 0 saturated heterocycles. The molecule has 0 bridgehead atoms. The van der Waals surface area contributed by atoms with Gasteiger partial charge in [-0.2, -0.15) is 0 Å². The zero-order chi connectivity index (χ0) is 19.3. The second-order valence-corrected chi connectivity index (χ2v) is 6.51. The van der Waals surface area contributed by atoms with Crippen LogP contribution in [0.1, 0.15) is 0 Å². The van der Waals surface area contributed by atoms with Crippen molar-refractivity contribution in [3.05, 3.63) is 97.1 Å². The van der Waals surface area contributed by atoms with Crippen LogP contribution >= 0.6 is 0 Å². The Kier molecular flexibility index (Phi) is 5.11. The summed E-state index contributed by atoms with van der Waals surface area (Å²) in [5, 5.41) is 0. The molecule has 0 aromatic heterocycles. The number of benzene rings is 4. The Balaban J connectivity index is 2.11.